The first-order valence-corrected chi connectivity index (χ1v) is 5.17. The molecule has 2 aromatic carbocycles. The number of nitrogens with zero attached hydrogens (tertiary/aromatic N) is 1. The van der Waals surface area contributed by atoms with Gasteiger partial charge in [-0.2, -0.15) is 0 Å². The first-order chi connectivity index (χ1) is 8.60. The number of nitrogen functional groups attached to an aromatic ring is 1. The Balaban J connectivity index is 2.99. The molecule has 0 saturated heterocycles. The van der Waals surface area contributed by atoms with E-state index in [2.05, 4.69) is 0 Å². The van der Waals surface area contributed by atoms with E-state index < -0.39 is 4.92 Å². The zero-order valence-corrected chi connectivity index (χ0v) is 9.97. The van der Waals surface area contributed by atoms with E-state index in [1.807, 2.05) is 0 Å². The lowest BCUT2D eigenvalue weighted by Crippen LogP contribution is -1.97. The number of rotatable bonds is 3. The van der Waals surface area contributed by atoms with E-state index in [-0.39, 0.29) is 5.69 Å². The summed E-state index contributed by atoms with van der Waals surface area (Å²) in [5.41, 5.74) is 6.22. The molecule has 0 heterocycles. The van der Waals surface area contributed by atoms with E-state index >= 15 is 0 Å². The van der Waals surface area contributed by atoms with Crippen LogP contribution in [0.2, 0.25) is 0 Å². The predicted molar refractivity (Wildman–Crippen MR) is 68.1 cm³/mol. The van der Waals surface area contributed by atoms with Crippen LogP contribution in [0.1, 0.15) is 0 Å². The number of nitro groups is 1. The van der Waals surface area contributed by atoms with E-state index in [0.29, 0.717) is 28.0 Å². The van der Waals surface area contributed by atoms with Gasteiger partial charge in [0.1, 0.15) is 16.9 Å². The smallest absolute Gasteiger partial charge is 0.281 e. The average Bonchev–Trinajstić information content (AvgIpc) is 2.37. The maximum atomic E-state index is 11.1. The van der Waals surface area contributed by atoms with Crippen LogP contribution >= 0.6 is 0 Å². The summed E-state index contributed by atoms with van der Waals surface area (Å²) in [7, 11) is 2.94. The fourth-order valence-electron chi connectivity index (χ4n) is 1.93. The minimum atomic E-state index is -0.469. The van der Waals surface area contributed by atoms with Gasteiger partial charge in [0.25, 0.3) is 5.69 Å². The Bertz CT molecular complexity index is 625. The van der Waals surface area contributed by atoms with Crippen LogP contribution in [0.15, 0.2) is 24.3 Å². The molecule has 0 unspecified atom stereocenters. The van der Waals surface area contributed by atoms with Crippen molar-refractivity contribution >= 4 is 22.1 Å². The van der Waals surface area contributed by atoms with Crippen molar-refractivity contribution in [3.63, 3.8) is 0 Å². The van der Waals surface area contributed by atoms with E-state index in [4.69, 9.17) is 15.2 Å². The van der Waals surface area contributed by atoms with Gasteiger partial charge in [-0.15, -0.1) is 0 Å². The van der Waals surface area contributed by atoms with Crippen molar-refractivity contribution in [3.8, 4) is 11.5 Å². The molecule has 0 aliphatic carbocycles. The number of hydrogen-bond donors (Lipinski definition) is 1. The minimum Gasteiger partial charge on any atom is -0.496 e. The van der Waals surface area contributed by atoms with Crippen molar-refractivity contribution in [2.75, 3.05) is 20.0 Å². The predicted octanol–water partition coefficient (Wildman–Crippen LogP) is 2.35. The number of ether oxygens (including phenoxy) is 2. The molecule has 18 heavy (non-hydrogen) atoms. The number of hydrogen-bond acceptors (Lipinski definition) is 5. The molecule has 0 fully saturated rings. The van der Waals surface area contributed by atoms with Gasteiger partial charge >= 0.3 is 0 Å². The molecule has 0 atom stereocenters. The molecule has 0 aliphatic rings. The Kier molecular flexibility index (Phi) is 2.93. The molecule has 2 aromatic rings. The standard InChI is InChI=1S/C12H12N2O4/c1-17-9-6-4-8(14(15)16)12-10(18-2)5-3-7(13)11(9)12/h3-6H,13H2,1-2H3. The molecule has 0 aliphatic heterocycles. The van der Waals surface area contributed by atoms with Crippen LogP contribution in [0.3, 0.4) is 0 Å². The summed E-state index contributed by atoms with van der Waals surface area (Å²) in [6.07, 6.45) is 0. The molecule has 2 N–H and O–H groups in total. The molecule has 0 saturated carbocycles. The van der Waals surface area contributed by atoms with Gasteiger partial charge in [0, 0.05) is 11.8 Å². The summed E-state index contributed by atoms with van der Waals surface area (Å²) in [4.78, 5) is 10.6. The summed E-state index contributed by atoms with van der Waals surface area (Å²) < 4.78 is 10.3. The van der Waals surface area contributed by atoms with Gasteiger partial charge in [-0.25, -0.2) is 0 Å². The molecule has 6 heteroatoms. The fraction of sp³-hybridized carbons (Fsp3) is 0.167. The lowest BCUT2D eigenvalue weighted by molar-refractivity contribution is -0.383. The SMILES string of the molecule is COc1ccc([N+](=O)[O-])c2c(OC)ccc(N)c12. The topological polar surface area (TPSA) is 87.6 Å². The molecular weight excluding hydrogens is 236 g/mol. The Morgan fingerprint density at radius 3 is 2.17 bits per heavy atom. The zero-order chi connectivity index (χ0) is 13.3. The monoisotopic (exact) mass is 248 g/mol. The van der Waals surface area contributed by atoms with Crippen LogP contribution in [-0.4, -0.2) is 19.1 Å². The van der Waals surface area contributed by atoms with Crippen LogP contribution in [0.25, 0.3) is 10.8 Å². The molecule has 6 nitrogen and oxygen atoms in total. The molecular formula is C12H12N2O4. The van der Waals surface area contributed by atoms with E-state index in [1.165, 1.54) is 26.4 Å². The van der Waals surface area contributed by atoms with Crippen molar-refractivity contribution in [1.82, 2.24) is 0 Å². The molecule has 0 amide bonds. The van der Waals surface area contributed by atoms with E-state index in [0.717, 1.165) is 0 Å². The number of anilines is 1. The Labute approximate surface area is 103 Å². The van der Waals surface area contributed by atoms with Gasteiger partial charge in [-0.3, -0.25) is 10.1 Å². The molecule has 0 bridgehead atoms. The Morgan fingerprint density at radius 2 is 1.61 bits per heavy atom. The summed E-state index contributed by atoms with van der Waals surface area (Å²) in [5, 5.41) is 11.9. The third-order valence-corrected chi connectivity index (χ3v) is 2.73. The quantitative estimate of drug-likeness (QED) is 0.511. The van der Waals surface area contributed by atoms with Gasteiger partial charge in [0.15, 0.2) is 0 Å². The first kappa shape index (κ1) is 12.0. The van der Waals surface area contributed by atoms with Gasteiger partial charge in [0.2, 0.25) is 0 Å². The van der Waals surface area contributed by atoms with E-state index in [1.54, 1.807) is 12.1 Å². The van der Waals surface area contributed by atoms with Crippen LogP contribution in [0.5, 0.6) is 11.5 Å². The second-order valence-electron chi connectivity index (χ2n) is 3.65. The number of methoxy groups -OCH3 is 2. The molecule has 2 rings (SSSR count). The molecule has 94 valence electrons. The fourth-order valence-corrected chi connectivity index (χ4v) is 1.93. The van der Waals surface area contributed by atoms with Crippen molar-refractivity contribution in [2.45, 2.75) is 0 Å². The highest BCUT2D eigenvalue weighted by molar-refractivity contribution is 6.06. The van der Waals surface area contributed by atoms with Gasteiger partial charge in [0.05, 0.1) is 24.5 Å². The second-order valence-corrected chi connectivity index (χ2v) is 3.65. The third kappa shape index (κ3) is 1.67. The average molecular weight is 248 g/mol. The summed E-state index contributed by atoms with van der Waals surface area (Å²) in [6.45, 7) is 0. The van der Waals surface area contributed by atoms with Crippen LogP contribution in [0.4, 0.5) is 11.4 Å². The van der Waals surface area contributed by atoms with Crippen LogP contribution < -0.4 is 15.2 Å². The minimum absolute atomic E-state index is 0.0602. The highest BCUT2D eigenvalue weighted by atomic mass is 16.6. The number of fused-ring (bicyclic) bond motifs is 1. The third-order valence-electron chi connectivity index (χ3n) is 2.73. The Morgan fingerprint density at radius 1 is 1.06 bits per heavy atom. The van der Waals surface area contributed by atoms with Crippen molar-refractivity contribution in [3.05, 3.63) is 34.4 Å². The second kappa shape index (κ2) is 4.40. The lowest BCUT2D eigenvalue weighted by Gasteiger charge is -2.11. The maximum absolute atomic E-state index is 11.1. The van der Waals surface area contributed by atoms with Gasteiger partial charge in [-0.1, -0.05) is 0 Å². The largest absolute Gasteiger partial charge is 0.496 e. The summed E-state index contributed by atoms with van der Waals surface area (Å²) >= 11 is 0. The maximum Gasteiger partial charge on any atom is 0.281 e. The number of nitro benzene ring substituents is 1. The van der Waals surface area contributed by atoms with Crippen LogP contribution in [0, 0.1) is 10.1 Å². The van der Waals surface area contributed by atoms with Crippen molar-refractivity contribution < 1.29 is 14.4 Å². The number of nitrogens with two attached hydrogens (primary N) is 1. The number of benzene rings is 2. The summed E-state index contributed by atoms with van der Waals surface area (Å²) in [6, 6.07) is 6.14. The Hall–Kier alpha value is -2.50. The molecule has 0 aromatic heterocycles. The highest BCUT2D eigenvalue weighted by Gasteiger charge is 2.20. The summed E-state index contributed by atoms with van der Waals surface area (Å²) in [5.74, 6) is 0.872. The van der Waals surface area contributed by atoms with Crippen LogP contribution in [-0.2, 0) is 0 Å². The number of non-ortho nitro benzene ring substituents is 1. The van der Waals surface area contributed by atoms with Crippen molar-refractivity contribution in [1.29, 1.82) is 0 Å². The molecule has 0 radical (unpaired) electrons. The van der Waals surface area contributed by atoms with Gasteiger partial charge < -0.3 is 15.2 Å². The zero-order valence-electron chi connectivity index (χ0n) is 9.97. The highest BCUT2D eigenvalue weighted by Crippen LogP contribution is 2.41. The lowest BCUT2D eigenvalue weighted by atomic mass is 10.0. The first-order valence-electron chi connectivity index (χ1n) is 5.17. The van der Waals surface area contributed by atoms with Crippen molar-refractivity contribution in [2.24, 2.45) is 0 Å². The normalized spacial score (nSPS) is 10.3. The molecule has 0 spiro atoms. The van der Waals surface area contributed by atoms with Gasteiger partial charge in [-0.05, 0) is 18.2 Å². The van der Waals surface area contributed by atoms with E-state index in [9.17, 15) is 10.1 Å².